The number of rotatable bonds is 3. The van der Waals surface area contributed by atoms with Gasteiger partial charge in [-0.1, -0.05) is 23.7 Å². The van der Waals surface area contributed by atoms with Crippen molar-refractivity contribution in [3.05, 3.63) is 63.4 Å². The minimum Gasteiger partial charge on any atom is -0.258 e. The molecule has 0 saturated carbocycles. The number of aryl methyl sites for hydroxylation is 1. The number of nitro benzene ring substituents is 1. The first kappa shape index (κ1) is 15.4. The lowest BCUT2D eigenvalue weighted by molar-refractivity contribution is -0.385. The van der Waals surface area contributed by atoms with Gasteiger partial charge in [0, 0.05) is 12.1 Å². The van der Waals surface area contributed by atoms with Crippen LogP contribution in [0.1, 0.15) is 5.82 Å². The van der Waals surface area contributed by atoms with Gasteiger partial charge in [0.2, 0.25) is 0 Å². The van der Waals surface area contributed by atoms with Crippen LogP contribution in [-0.2, 0) is 10.0 Å². The minimum atomic E-state index is -4.12. The molecule has 1 aromatic heterocycles. The van der Waals surface area contributed by atoms with Gasteiger partial charge in [-0.2, -0.15) is 0 Å². The normalized spacial score (nSPS) is 11.7. The Morgan fingerprint density at radius 2 is 1.91 bits per heavy atom. The minimum absolute atomic E-state index is 0.0900. The molecule has 118 valence electrons. The Morgan fingerprint density at radius 1 is 1.22 bits per heavy atom. The number of non-ortho nitro benzene ring substituents is 1. The number of hydrogen-bond acceptors (Lipinski definition) is 5. The summed E-state index contributed by atoms with van der Waals surface area (Å²) in [6.07, 6.45) is 0. The molecule has 3 rings (SSSR count). The highest BCUT2D eigenvalue weighted by Gasteiger charge is 2.26. The Hall–Kier alpha value is -2.45. The Bertz CT molecular complexity index is 1040. The third-order valence-corrected chi connectivity index (χ3v) is 5.60. The fourth-order valence-electron chi connectivity index (χ4n) is 2.33. The number of aromatic nitrogens is 2. The summed E-state index contributed by atoms with van der Waals surface area (Å²) in [4.78, 5) is 14.1. The zero-order valence-electron chi connectivity index (χ0n) is 11.8. The average Bonchev–Trinajstić information content (AvgIpc) is 2.83. The molecule has 3 aromatic rings. The van der Waals surface area contributed by atoms with Crippen LogP contribution < -0.4 is 0 Å². The number of halogens is 1. The lowest BCUT2D eigenvalue weighted by atomic mass is 10.3. The van der Waals surface area contributed by atoms with Gasteiger partial charge in [0.25, 0.3) is 15.7 Å². The first-order valence-corrected chi connectivity index (χ1v) is 8.28. The molecule has 0 fully saturated rings. The molecule has 0 saturated heterocycles. The van der Waals surface area contributed by atoms with Crippen molar-refractivity contribution in [2.75, 3.05) is 0 Å². The highest BCUT2D eigenvalue weighted by atomic mass is 35.5. The summed E-state index contributed by atoms with van der Waals surface area (Å²) in [6, 6.07) is 10.0. The van der Waals surface area contributed by atoms with E-state index in [2.05, 4.69) is 4.98 Å². The van der Waals surface area contributed by atoms with E-state index >= 15 is 0 Å². The maximum atomic E-state index is 12.9. The van der Waals surface area contributed by atoms with E-state index in [0.29, 0.717) is 11.0 Å². The molecule has 0 unspecified atom stereocenters. The van der Waals surface area contributed by atoms with Crippen LogP contribution in [-0.4, -0.2) is 22.3 Å². The van der Waals surface area contributed by atoms with Crippen LogP contribution in [0.25, 0.3) is 11.0 Å². The smallest absolute Gasteiger partial charge is 0.258 e. The van der Waals surface area contributed by atoms with E-state index in [4.69, 9.17) is 11.6 Å². The summed E-state index contributed by atoms with van der Waals surface area (Å²) >= 11 is 5.97. The van der Waals surface area contributed by atoms with Gasteiger partial charge in [-0.15, -0.1) is 0 Å². The first-order valence-electron chi connectivity index (χ1n) is 6.46. The van der Waals surface area contributed by atoms with Gasteiger partial charge < -0.3 is 0 Å². The molecule has 1 heterocycles. The second-order valence-electron chi connectivity index (χ2n) is 4.79. The number of benzene rings is 2. The summed E-state index contributed by atoms with van der Waals surface area (Å²) < 4.78 is 26.9. The number of nitro groups is 1. The summed E-state index contributed by atoms with van der Waals surface area (Å²) in [6.45, 7) is 1.54. The van der Waals surface area contributed by atoms with Gasteiger partial charge in [0.1, 0.15) is 10.7 Å². The van der Waals surface area contributed by atoms with Crippen LogP contribution in [0.5, 0.6) is 0 Å². The second kappa shape index (κ2) is 5.32. The predicted octanol–water partition coefficient (Wildman–Crippen LogP) is 3.14. The van der Waals surface area contributed by atoms with Crippen molar-refractivity contribution in [2.45, 2.75) is 11.8 Å². The number of nitrogens with zero attached hydrogens (tertiary/aromatic N) is 3. The van der Waals surface area contributed by atoms with Crippen molar-refractivity contribution in [1.82, 2.24) is 8.96 Å². The summed E-state index contributed by atoms with van der Waals surface area (Å²) in [5, 5.41) is 10.8. The van der Waals surface area contributed by atoms with Crippen molar-refractivity contribution in [3.8, 4) is 0 Å². The average molecular weight is 352 g/mol. The zero-order valence-corrected chi connectivity index (χ0v) is 13.4. The van der Waals surface area contributed by atoms with E-state index in [1.54, 1.807) is 31.2 Å². The van der Waals surface area contributed by atoms with E-state index in [0.717, 1.165) is 16.1 Å². The second-order valence-corrected chi connectivity index (χ2v) is 6.95. The van der Waals surface area contributed by atoms with E-state index in [-0.39, 0.29) is 21.4 Å². The summed E-state index contributed by atoms with van der Waals surface area (Å²) in [5.41, 5.74) is 0.540. The molecule has 23 heavy (non-hydrogen) atoms. The lowest BCUT2D eigenvalue weighted by Crippen LogP contribution is -2.15. The number of fused-ring (bicyclic) bond motifs is 1. The van der Waals surface area contributed by atoms with Gasteiger partial charge in [0.15, 0.2) is 0 Å². The van der Waals surface area contributed by atoms with Crippen molar-refractivity contribution in [2.24, 2.45) is 0 Å². The van der Waals surface area contributed by atoms with Crippen molar-refractivity contribution in [1.29, 1.82) is 0 Å². The van der Waals surface area contributed by atoms with E-state index in [9.17, 15) is 18.5 Å². The molecule has 0 aliphatic carbocycles. The van der Waals surface area contributed by atoms with Crippen LogP contribution >= 0.6 is 11.6 Å². The van der Waals surface area contributed by atoms with Crippen LogP contribution in [0.2, 0.25) is 5.02 Å². The fourth-order valence-corrected chi connectivity index (χ4v) is 4.32. The molecule has 0 aliphatic heterocycles. The standard InChI is InChI=1S/C14H10ClN3O4S/c1-9-16-12-4-2-3-5-13(12)17(9)23(21,22)14-8-10(18(19)20)6-7-11(14)15/h2-8H,1H3. The van der Waals surface area contributed by atoms with E-state index in [1.165, 1.54) is 6.07 Å². The SMILES string of the molecule is Cc1nc2ccccc2n1S(=O)(=O)c1cc([N+](=O)[O-])ccc1Cl. The van der Waals surface area contributed by atoms with Crippen LogP contribution in [0.4, 0.5) is 5.69 Å². The highest BCUT2D eigenvalue weighted by molar-refractivity contribution is 7.90. The Morgan fingerprint density at radius 3 is 2.61 bits per heavy atom. The van der Waals surface area contributed by atoms with Crippen LogP contribution in [0.15, 0.2) is 47.4 Å². The molecule has 0 aliphatic rings. The molecule has 0 bridgehead atoms. The van der Waals surface area contributed by atoms with Gasteiger partial charge in [-0.05, 0) is 25.1 Å². The molecule has 0 radical (unpaired) electrons. The summed E-state index contributed by atoms with van der Waals surface area (Å²) in [7, 11) is -4.12. The number of hydrogen-bond donors (Lipinski definition) is 0. The summed E-state index contributed by atoms with van der Waals surface area (Å²) in [5.74, 6) is 0.244. The zero-order chi connectivity index (χ0) is 16.8. The third-order valence-electron chi connectivity index (χ3n) is 3.32. The molecule has 9 heteroatoms. The quantitative estimate of drug-likeness (QED) is 0.533. The van der Waals surface area contributed by atoms with Crippen molar-refractivity contribution >= 4 is 38.3 Å². The third kappa shape index (κ3) is 2.45. The lowest BCUT2D eigenvalue weighted by Gasteiger charge is -2.10. The van der Waals surface area contributed by atoms with E-state index in [1.807, 2.05) is 0 Å². The van der Waals surface area contributed by atoms with Crippen molar-refractivity contribution in [3.63, 3.8) is 0 Å². The molecule has 2 aromatic carbocycles. The number of para-hydroxylation sites is 2. The molecule has 7 nitrogen and oxygen atoms in total. The molecule has 0 N–H and O–H groups in total. The van der Waals surface area contributed by atoms with Gasteiger partial charge >= 0.3 is 0 Å². The Kier molecular flexibility index (Phi) is 3.57. The molecular weight excluding hydrogens is 342 g/mol. The van der Waals surface area contributed by atoms with Gasteiger partial charge in [-0.3, -0.25) is 10.1 Å². The van der Waals surface area contributed by atoms with E-state index < -0.39 is 14.9 Å². The monoisotopic (exact) mass is 351 g/mol. The highest BCUT2D eigenvalue weighted by Crippen LogP contribution is 2.30. The first-order chi connectivity index (χ1) is 10.8. The molecule has 0 atom stereocenters. The van der Waals surface area contributed by atoms with Gasteiger partial charge in [-0.25, -0.2) is 17.4 Å². The topological polar surface area (TPSA) is 95.1 Å². The maximum Gasteiger partial charge on any atom is 0.271 e. The Balaban J connectivity index is 2.32. The molecular formula is C14H10ClN3O4S. The predicted molar refractivity (Wildman–Crippen MR) is 85.2 cm³/mol. The Labute approximate surface area is 136 Å². The van der Waals surface area contributed by atoms with Crippen LogP contribution in [0, 0.1) is 17.0 Å². The molecule has 0 spiro atoms. The molecule has 0 amide bonds. The number of imidazole rings is 1. The van der Waals surface area contributed by atoms with Crippen LogP contribution in [0.3, 0.4) is 0 Å². The van der Waals surface area contributed by atoms with Gasteiger partial charge in [0.05, 0.1) is 21.0 Å². The maximum absolute atomic E-state index is 12.9. The largest absolute Gasteiger partial charge is 0.271 e. The fraction of sp³-hybridized carbons (Fsp3) is 0.0714. The van der Waals surface area contributed by atoms with Crippen molar-refractivity contribution < 1.29 is 13.3 Å².